The zero-order chi connectivity index (χ0) is 32.3. The molecule has 8 rings (SSSR count). The predicted octanol–water partition coefficient (Wildman–Crippen LogP) is 6.30. The van der Waals surface area contributed by atoms with Crippen LogP contribution in [0.2, 0.25) is 0 Å². The number of methoxy groups -OCH3 is 1. The lowest BCUT2D eigenvalue weighted by Gasteiger charge is -2.35. The van der Waals surface area contributed by atoms with Crippen molar-refractivity contribution in [1.82, 2.24) is 9.88 Å². The Kier molecular flexibility index (Phi) is 9.65. The summed E-state index contributed by atoms with van der Waals surface area (Å²) in [5.74, 6) is 1.44. The highest BCUT2D eigenvalue weighted by Crippen LogP contribution is 2.52. The molecule has 3 fully saturated rings. The van der Waals surface area contributed by atoms with Gasteiger partial charge in [0.25, 0.3) is 0 Å². The molecule has 3 saturated heterocycles. The molecule has 0 radical (unpaired) electrons. The Balaban J connectivity index is 1.04. The maximum atomic E-state index is 6.33. The van der Waals surface area contributed by atoms with Crippen LogP contribution in [0.1, 0.15) is 5.56 Å². The number of hydrogen-bond donors (Lipinski definition) is 1. The van der Waals surface area contributed by atoms with Gasteiger partial charge in [0, 0.05) is 68.8 Å². The molecule has 0 aliphatic carbocycles. The number of hydrogen-bond acceptors (Lipinski definition) is 11. The summed E-state index contributed by atoms with van der Waals surface area (Å²) >= 11 is 3.64. The molecule has 2 atom stereocenters. The van der Waals surface area contributed by atoms with Gasteiger partial charge < -0.3 is 33.9 Å². The minimum Gasteiger partial charge on any atom is -0.497 e. The first-order valence-electron chi connectivity index (χ1n) is 16.6. The molecular formula is C37H40N4O5S2. The van der Waals surface area contributed by atoms with Gasteiger partial charge in [-0.15, -0.1) is 0 Å². The fourth-order valence-electron chi connectivity index (χ4n) is 6.64. The Morgan fingerprint density at radius 2 is 1.62 bits per heavy atom. The molecule has 1 unspecified atom stereocenters. The third kappa shape index (κ3) is 6.99. The van der Waals surface area contributed by atoms with Gasteiger partial charge in [-0.05, 0) is 48.0 Å². The van der Waals surface area contributed by atoms with Crippen LogP contribution in [0.4, 0.5) is 11.4 Å². The van der Waals surface area contributed by atoms with Gasteiger partial charge in [0.15, 0.2) is 0 Å². The zero-order valence-electron chi connectivity index (χ0n) is 27.1. The second-order valence-electron chi connectivity index (χ2n) is 12.3. The van der Waals surface area contributed by atoms with Gasteiger partial charge in [0.2, 0.25) is 5.88 Å². The molecule has 4 aliphatic rings. The monoisotopic (exact) mass is 684 g/mol. The molecule has 5 heterocycles. The molecular weight excluding hydrogens is 645 g/mol. The number of nitrogens with one attached hydrogen (secondary N) is 1. The number of fused-ring (bicyclic) bond motifs is 2. The largest absolute Gasteiger partial charge is 0.497 e. The first kappa shape index (κ1) is 31.8. The summed E-state index contributed by atoms with van der Waals surface area (Å²) in [4.78, 5) is 14.9. The van der Waals surface area contributed by atoms with Crippen LogP contribution in [-0.4, -0.2) is 94.9 Å². The summed E-state index contributed by atoms with van der Waals surface area (Å²) in [5, 5.41) is 3.80. The third-order valence-corrected chi connectivity index (χ3v) is 11.9. The molecule has 4 aromatic rings. The molecule has 48 heavy (non-hydrogen) atoms. The molecule has 0 spiro atoms. The van der Waals surface area contributed by atoms with Crippen molar-refractivity contribution in [2.75, 3.05) is 83.1 Å². The topological polar surface area (TPSA) is 77.5 Å². The van der Waals surface area contributed by atoms with Gasteiger partial charge in [0.05, 0.1) is 64.5 Å². The van der Waals surface area contributed by atoms with E-state index in [1.165, 1.54) is 19.6 Å². The average molecular weight is 685 g/mol. The van der Waals surface area contributed by atoms with Crippen LogP contribution in [-0.2, 0) is 20.8 Å². The number of anilines is 2. The van der Waals surface area contributed by atoms with Crippen LogP contribution in [0.5, 0.6) is 11.6 Å². The maximum Gasteiger partial charge on any atom is 0.216 e. The normalized spacial score (nSPS) is 21.0. The highest BCUT2D eigenvalue weighted by Gasteiger charge is 2.34. The second kappa shape index (κ2) is 14.6. The van der Waals surface area contributed by atoms with E-state index in [1.807, 2.05) is 47.8 Å². The second-order valence-corrected chi connectivity index (χ2v) is 14.4. The molecule has 3 aromatic carbocycles. The number of pyridine rings is 1. The summed E-state index contributed by atoms with van der Waals surface area (Å²) in [6, 6.07) is 26.1. The summed E-state index contributed by atoms with van der Waals surface area (Å²) in [6.45, 7) is 8.50. The van der Waals surface area contributed by atoms with E-state index in [0.29, 0.717) is 31.7 Å². The molecule has 0 amide bonds. The molecule has 1 N–H and O–H groups in total. The van der Waals surface area contributed by atoms with Crippen molar-refractivity contribution in [2.45, 2.75) is 38.3 Å². The molecule has 9 nitrogen and oxygen atoms in total. The smallest absolute Gasteiger partial charge is 0.216 e. The average Bonchev–Trinajstić information content (AvgIpc) is 3.61. The zero-order valence-corrected chi connectivity index (χ0v) is 28.7. The number of nitrogens with zero attached hydrogens (tertiary/aromatic N) is 3. The van der Waals surface area contributed by atoms with Gasteiger partial charge in [-0.25, -0.2) is 4.98 Å². The van der Waals surface area contributed by atoms with E-state index in [2.05, 4.69) is 63.6 Å². The third-order valence-electron chi connectivity index (χ3n) is 9.26. The Morgan fingerprint density at radius 1 is 0.812 bits per heavy atom. The van der Waals surface area contributed by atoms with Crippen LogP contribution in [0, 0.1) is 0 Å². The highest BCUT2D eigenvalue weighted by atomic mass is 32.2. The van der Waals surface area contributed by atoms with Crippen molar-refractivity contribution in [1.29, 1.82) is 0 Å². The van der Waals surface area contributed by atoms with Gasteiger partial charge in [-0.2, -0.15) is 0 Å². The number of rotatable bonds is 9. The fourth-order valence-corrected chi connectivity index (χ4v) is 9.05. The number of aromatic nitrogens is 1. The van der Waals surface area contributed by atoms with Crippen molar-refractivity contribution >= 4 is 34.9 Å². The van der Waals surface area contributed by atoms with Crippen molar-refractivity contribution in [3.8, 4) is 22.9 Å². The van der Waals surface area contributed by atoms with Crippen LogP contribution in [0.3, 0.4) is 0 Å². The fraction of sp³-hybridized carbons (Fsp3) is 0.378. The molecule has 0 saturated carbocycles. The van der Waals surface area contributed by atoms with E-state index < -0.39 is 0 Å². The van der Waals surface area contributed by atoms with Crippen LogP contribution < -0.4 is 19.7 Å². The first-order chi connectivity index (χ1) is 23.7. The van der Waals surface area contributed by atoms with Gasteiger partial charge in [-0.3, -0.25) is 4.90 Å². The summed E-state index contributed by atoms with van der Waals surface area (Å²) in [6.07, 6.45) is 0. The summed E-state index contributed by atoms with van der Waals surface area (Å²) < 4.78 is 28.8. The van der Waals surface area contributed by atoms with Gasteiger partial charge in [-0.1, -0.05) is 47.8 Å². The Labute approximate surface area is 290 Å². The minimum atomic E-state index is 0.257. The van der Waals surface area contributed by atoms with Gasteiger partial charge in [0.1, 0.15) is 12.4 Å². The Bertz CT molecular complexity index is 1730. The lowest BCUT2D eigenvalue weighted by atomic mass is 10.1. The molecule has 1 aromatic heterocycles. The predicted molar refractivity (Wildman–Crippen MR) is 189 cm³/mol. The van der Waals surface area contributed by atoms with Crippen molar-refractivity contribution < 1.29 is 23.7 Å². The van der Waals surface area contributed by atoms with E-state index >= 15 is 0 Å². The molecule has 11 heteroatoms. The molecule has 0 bridgehead atoms. The minimum absolute atomic E-state index is 0.257. The lowest BCUT2D eigenvalue weighted by Crippen LogP contribution is -2.50. The summed E-state index contributed by atoms with van der Waals surface area (Å²) in [5.41, 5.74) is 5.31. The lowest BCUT2D eigenvalue weighted by molar-refractivity contribution is 0.0131. The maximum absolute atomic E-state index is 6.33. The highest BCUT2D eigenvalue weighted by molar-refractivity contribution is 8.05. The Hall–Kier alpha value is -3.45. The van der Waals surface area contributed by atoms with Crippen LogP contribution >= 0.6 is 23.5 Å². The van der Waals surface area contributed by atoms with Crippen molar-refractivity contribution in [3.63, 3.8) is 0 Å². The number of ether oxygens (including phenoxy) is 5. The summed E-state index contributed by atoms with van der Waals surface area (Å²) in [7, 11) is 1.68. The molecule has 4 aliphatic heterocycles. The van der Waals surface area contributed by atoms with E-state index in [9.17, 15) is 0 Å². The van der Waals surface area contributed by atoms with Crippen molar-refractivity contribution in [3.05, 3.63) is 78.4 Å². The SMILES string of the molecule is COc1ccc(COc2cc(N3CCOCC3)cc(-c3cccc4c3Sc3ccc(NC5COC[C@H]5N5CCOCC5)cc3S4)n2)cc1. The van der Waals surface area contributed by atoms with Crippen molar-refractivity contribution in [2.24, 2.45) is 0 Å². The number of morpholine rings is 2. The quantitative estimate of drug-likeness (QED) is 0.190. The van der Waals surface area contributed by atoms with Crippen LogP contribution in [0.15, 0.2) is 92.4 Å². The standard InChI is InChI=1S/C37H40N4O5S2/c1-42-28-8-5-25(6-9-28)22-46-36-21-27(40-11-15-43-16-12-40)20-30(39-36)29-3-2-4-34-37(29)48-33-10-7-26(19-35(33)47-34)38-31-23-45-24-32(31)41-13-17-44-18-14-41/h2-10,19-21,31-32,38H,11-18,22-24H2,1H3/t31?,32-/m1/s1. The van der Waals surface area contributed by atoms with E-state index in [1.54, 1.807) is 7.11 Å². The number of benzene rings is 3. The molecule has 250 valence electrons. The van der Waals surface area contributed by atoms with E-state index in [4.69, 9.17) is 28.7 Å². The Morgan fingerprint density at radius 3 is 2.44 bits per heavy atom. The first-order valence-corrected chi connectivity index (χ1v) is 18.2. The van der Waals surface area contributed by atoms with Gasteiger partial charge >= 0.3 is 0 Å². The van der Waals surface area contributed by atoms with Crippen LogP contribution in [0.25, 0.3) is 11.3 Å². The van der Waals surface area contributed by atoms with E-state index in [0.717, 1.165) is 86.6 Å². The van der Waals surface area contributed by atoms with E-state index in [-0.39, 0.29) is 6.04 Å².